The Labute approximate surface area is 191 Å². The van der Waals surface area contributed by atoms with Crippen LogP contribution >= 0.6 is 0 Å². The zero-order valence-electron chi connectivity index (χ0n) is 18.4. The molecule has 1 aromatic rings. The maximum atomic E-state index is 13.0. The lowest BCUT2D eigenvalue weighted by atomic mass is 9.72. The maximum absolute atomic E-state index is 13.0. The number of morpholine rings is 1. The van der Waals surface area contributed by atoms with Gasteiger partial charge in [-0.15, -0.1) is 0 Å². The summed E-state index contributed by atoms with van der Waals surface area (Å²) in [6.45, 7) is 3.64. The minimum absolute atomic E-state index is 0.0736. The van der Waals surface area contributed by atoms with Crippen molar-refractivity contribution >= 4 is 29.5 Å². The van der Waals surface area contributed by atoms with Crippen molar-refractivity contribution in [2.75, 3.05) is 26.3 Å². The fraction of sp³-hybridized carbons (Fsp3) is 0.522. The number of rotatable bonds is 5. The summed E-state index contributed by atoms with van der Waals surface area (Å²) >= 11 is 0. The van der Waals surface area contributed by atoms with Gasteiger partial charge in [-0.2, -0.15) is 0 Å². The largest absolute Gasteiger partial charge is 0.378 e. The van der Waals surface area contributed by atoms with Crippen molar-refractivity contribution in [3.8, 4) is 0 Å². The molecule has 2 heterocycles. The summed E-state index contributed by atoms with van der Waals surface area (Å²) in [6.07, 6.45) is 0.268. The number of ketones is 1. The number of amides is 5. The standard InChI is InChI=1S/C23H28N4O6/c1-13-11-15-18(22(31)26-21(15)30)20(29)19(13)25-17(28)12-16(14-5-3-2-4-6-14)24-23(32)27-7-9-33-10-8-27/h2-6,13,15-16,18-19H,7-12H2,1H3,(H,24,32)(H,25,28)(H,26,30,31)/t13?,15-,16-,18+,19-/m0/s1. The number of urea groups is 1. The van der Waals surface area contributed by atoms with Gasteiger partial charge < -0.3 is 20.3 Å². The minimum Gasteiger partial charge on any atom is -0.378 e. The van der Waals surface area contributed by atoms with Gasteiger partial charge in [0.2, 0.25) is 17.7 Å². The van der Waals surface area contributed by atoms with Gasteiger partial charge in [-0.1, -0.05) is 37.3 Å². The number of hydrogen-bond donors (Lipinski definition) is 3. The van der Waals surface area contributed by atoms with E-state index in [0.29, 0.717) is 32.7 Å². The molecule has 0 aromatic heterocycles. The molecule has 2 aliphatic heterocycles. The van der Waals surface area contributed by atoms with Crippen LogP contribution in [0.15, 0.2) is 30.3 Å². The Hall–Kier alpha value is -3.27. The van der Waals surface area contributed by atoms with Crippen molar-refractivity contribution in [2.24, 2.45) is 17.8 Å². The van der Waals surface area contributed by atoms with Crippen LogP contribution in [0.25, 0.3) is 0 Å². The molecule has 10 nitrogen and oxygen atoms in total. The second-order valence-electron chi connectivity index (χ2n) is 8.81. The number of ether oxygens (including phenoxy) is 1. The first-order chi connectivity index (χ1) is 15.8. The molecule has 1 aliphatic carbocycles. The number of hydrogen-bond acceptors (Lipinski definition) is 6. The first kappa shape index (κ1) is 22.9. The number of nitrogens with zero attached hydrogens (tertiary/aromatic N) is 1. The van der Waals surface area contributed by atoms with E-state index in [1.807, 2.05) is 30.3 Å². The van der Waals surface area contributed by atoms with Crippen molar-refractivity contribution in [1.29, 1.82) is 0 Å². The molecule has 2 saturated heterocycles. The summed E-state index contributed by atoms with van der Waals surface area (Å²) in [4.78, 5) is 64.3. The molecule has 3 N–H and O–H groups in total. The van der Waals surface area contributed by atoms with Crippen LogP contribution in [-0.2, 0) is 23.9 Å². The highest BCUT2D eigenvalue weighted by Gasteiger charge is 2.53. The Morgan fingerprint density at radius 2 is 1.82 bits per heavy atom. The summed E-state index contributed by atoms with van der Waals surface area (Å²) in [5.41, 5.74) is 0.762. The lowest BCUT2D eigenvalue weighted by molar-refractivity contribution is -0.141. The molecule has 0 bridgehead atoms. The molecule has 0 radical (unpaired) electrons. The Kier molecular flexibility index (Phi) is 6.73. The van der Waals surface area contributed by atoms with E-state index in [0.717, 1.165) is 5.56 Å². The van der Waals surface area contributed by atoms with Crippen LogP contribution in [0.4, 0.5) is 4.79 Å². The summed E-state index contributed by atoms with van der Waals surface area (Å²) < 4.78 is 5.29. The molecule has 3 aliphatic rings. The van der Waals surface area contributed by atoms with E-state index in [4.69, 9.17) is 4.74 Å². The van der Waals surface area contributed by atoms with E-state index >= 15 is 0 Å². The molecular weight excluding hydrogens is 428 g/mol. The molecule has 10 heteroatoms. The fourth-order valence-electron chi connectivity index (χ4n) is 4.78. The zero-order chi connectivity index (χ0) is 23.5. The lowest BCUT2D eigenvalue weighted by Crippen LogP contribution is -2.54. The molecule has 3 fully saturated rings. The molecule has 0 spiro atoms. The SMILES string of the molecule is CC1C[C@@H]2C(=O)NC(=O)[C@H]2C(=O)[C@H]1NC(=O)C[C@H](NC(=O)N1CCOCC1)c1ccccc1. The van der Waals surface area contributed by atoms with Gasteiger partial charge in [-0.05, 0) is 17.9 Å². The summed E-state index contributed by atoms with van der Waals surface area (Å²) in [5.74, 6) is -3.89. The molecular formula is C23H28N4O6. The monoisotopic (exact) mass is 456 g/mol. The summed E-state index contributed by atoms with van der Waals surface area (Å²) in [6, 6.07) is 7.40. The molecule has 5 atom stereocenters. The van der Waals surface area contributed by atoms with E-state index in [1.165, 1.54) is 0 Å². The van der Waals surface area contributed by atoms with Gasteiger partial charge in [0.05, 0.1) is 37.6 Å². The van der Waals surface area contributed by atoms with Gasteiger partial charge in [0.1, 0.15) is 5.92 Å². The number of Topliss-reactive ketones (excluding diaryl/α,β-unsaturated/α-hetero) is 1. The van der Waals surface area contributed by atoms with Crippen LogP contribution < -0.4 is 16.0 Å². The van der Waals surface area contributed by atoms with E-state index in [1.54, 1.807) is 11.8 Å². The Morgan fingerprint density at radius 3 is 2.52 bits per heavy atom. The van der Waals surface area contributed by atoms with Gasteiger partial charge >= 0.3 is 6.03 Å². The van der Waals surface area contributed by atoms with Crippen LogP contribution in [-0.4, -0.2) is 66.8 Å². The van der Waals surface area contributed by atoms with Gasteiger partial charge in [0, 0.05) is 13.1 Å². The van der Waals surface area contributed by atoms with Crippen molar-refractivity contribution in [1.82, 2.24) is 20.9 Å². The summed E-state index contributed by atoms with van der Waals surface area (Å²) in [5, 5.41) is 7.89. The third kappa shape index (κ3) is 4.90. The van der Waals surface area contributed by atoms with E-state index in [-0.39, 0.29) is 18.4 Å². The zero-order valence-corrected chi connectivity index (χ0v) is 18.4. The number of nitrogens with one attached hydrogen (secondary N) is 3. The molecule has 4 rings (SSSR count). The predicted octanol–water partition coefficient (Wildman–Crippen LogP) is 0.142. The Balaban J connectivity index is 1.44. The van der Waals surface area contributed by atoms with Crippen LogP contribution in [0.1, 0.15) is 31.4 Å². The molecule has 1 saturated carbocycles. The highest BCUT2D eigenvalue weighted by atomic mass is 16.5. The van der Waals surface area contributed by atoms with Crippen LogP contribution in [0.2, 0.25) is 0 Å². The third-order valence-electron chi connectivity index (χ3n) is 6.58. The van der Waals surface area contributed by atoms with Crippen molar-refractivity contribution in [2.45, 2.75) is 31.8 Å². The number of benzene rings is 1. The molecule has 33 heavy (non-hydrogen) atoms. The number of carbonyl (C=O) groups excluding carboxylic acids is 5. The average Bonchev–Trinajstić information content (AvgIpc) is 3.10. The third-order valence-corrected chi connectivity index (χ3v) is 6.58. The molecule has 1 unspecified atom stereocenters. The fourth-order valence-corrected chi connectivity index (χ4v) is 4.78. The van der Waals surface area contributed by atoms with Crippen LogP contribution in [0.3, 0.4) is 0 Å². The molecule has 5 amide bonds. The Morgan fingerprint density at radius 1 is 1.12 bits per heavy atom. The van der Waals surface area contributed by atoms with Crippen LogP contribution in [0.5, 0.6) is 0 Å². The topological polar surface area (TPSA) is 134 Å². The second-order valence-corrected chi connectivity index (χ2v) is 8.81. The quantitative estimate of drug-likeness (QED) is 0.426. The normalized spacial score (nSPS) is 28.0. The average molecular weight is 456 g/mol. The minimum atomic E-state index is -1.05. The van der Waals surface area contributed by atoms with E-state index < -0.39 is 47.4 Å². The van der Waals surface area contributed by atoms with E-state index in [9.17, 15) is 24.0 Å². The maximum Gasteiger partial charge on any atom is 0.318 e. The number of imide groups is 1. The van der Waals surface area contributed by atoms with Crippen molar-refractivity contribution in [3.05, 3.63) is 35.9 Å². The molecule has 176 valence electrons. The highest BCUT2D eigenvalue weighted by Crippen LogP contribution is 2.35. The Bertz CT molecular complexity index is 946. The van der Waals surface area contributed by atoms with Crippen LogP contribution in [0, 0.1) is 17.8 Å². The first-order valence-corrected chi connectivity index (χ1v) is 11.2. The van der Waals surface area contributed by atoms with Crippen molar-refractivity contribution < 1.29 is 28.7 Å². The second kappa shape index (κ2) is 9.70. The lowest BCUT2D eigenvalue weighted by Gasteiger charge is -2.34. The highest BCUT2D eigenvalue weighted by molar-refractivity contribution is 6.17. The smallest absolute Gasteiger partial charge is 0.318 e. The van der Waals surface area contributed by atoms with Gasteiger partial charge in [-0.25, -0.2) is 4.79 Å². The predicted molar refractivity (Wildman–Crippen MR) is 116 cm³/mol. The van der Waals surface area contributed by atoms with Gasteiger partial charge in [-0.3, -0.25) is 24.5 Å². The van der Waals surface area contributed by atoms with E-state index in [2.05, 4.69) is 16.0 Å². The number of carbonyl (C=O) groups is 5. The van der Waals surface area contributed by atoms with Gasteiger partial charge in [0.25, 0.3) is 0 Å². The summed E-state index contributed by atoms with van der Waals surface area (Å²) in [7, 11) is 0. The molecule has 1 aromatic carbocycles. The van der Waals surface area contributed by atoms with Crippen molar-refractivity contribution in [3.63, 3.8) is 0 Å². The number of fused-ring (bicyclic) bond motifs is 1. The van der Waals surface area contributed by atoms with Gasteiger partial charge in [0.15, 0.2) is 5.78 Å². The first-order valence-electron chi connectivity index (χ1n) is 11.2.